The van der Waals surface area contributed by atoms with Crippen LogP contribution in [-0.2, 0) is 16.4 Å². The minimum atomic E-state index is -3.76. The molecule has 0 aliphatic rings. The third-order valence-corrected chi connectivity index (χ3v) is 5.99. The molecule has 0 atom stereocenters. The van der Waals surface area contributed by atoms with E-state index in [4.69, 9.17) is 0 Å². The topological polar surface area (TPSA) is 111 Å². The third kappa shape index (κ3) is 3.07. The van der Waals surface area contributed by atoms with Gasteiger partial charge >= 0.3 is 0 Å². The maximum atomic E-state index is 13.9. The van der Waals surface area contributed by atoms with Crippen molar-refractivity contribution in [1.82, 2.24) is 25.0 Å². The molecule has 0 spiro atoms. The van der Waals surface area contributed by atoms with Gasteiger partial charge in [0.1, 0.15) is 10.7 Å². The predicted octanol–water partition coefficient (Wildman–Crippen LogP) is 1.84. The summed E-state index contributed by atoms with van der Waals surface area (Å²) in [7, 11) is -3.76. The number of hydrogen-bond acceptors (Lipinski definition) is 6. The Morgan fingerprint density at radius 1 is 1.14 bits per heavy atom. The third-order valence-electron chi connectivity index (χ3n) is 4.28. The molecule has 0 amide bonds. The number of H-pyrrole nitrogens is 1. The molecule has 3 heterocycles. The molecule has 0 fully saturated rings. The van der Waals surface area contributed by atoms with Crippen LogP contribution < -0.4 is 5.56 Å². The lowest BCUT2D eigenvalue weighted by atomic mass is 10.2. The second-order valence-electron chi connectivity index (χ2n) is 6.18. The summed E-state index contributed by atoms with van der Waals surface area (Å²) in [6.45, 7) is 1.60. The minimum absolute atomic E-state index is 0.0201. The highest BCUT2D eigenvalue weighted by atomic mass is 32.2. The van der Waals surface area contributed by atoms with E-state index in [1.165, 1.54) is 48.9 Å². The molecular weight excluding hydrogens is 385 g/mol. The predicted molar refractivity (Wildman–Crippen MR) is 98.1 cm³/mol. The number of aromatic nitrogens is 5. The van der Waals surface area contributed by atoms with Gasteiger partial charge in [0.2, 0.25) is 9.84 Å². The van der Waals surface area contributed by atoms with Crippen molar-refractivity contribution in [3.63, 3.8) is 0 Å². The average Bonchev–Trinajstić information content (AvgIpc) is 3.22. The molecule has 1 N–H and O–H groups in total. The number of aryl methyl sites for hydroxylation is 1. The Hall–Kier alpha value is -3.40. The van der Waals surface area contributed by atoms with Gasteiger partial charge in [-0.1, -0.05) is 0 Å². The fourth-order valence-corrected chi connectivity index (χ4v) is 4.01. The van der Waals surface area contributed by atoms with Crippen LogP contribution in [0.1, 0.15) is 11.4 Å². The van der Waals surface area contributed by atoms with E-state index < -0.39 is 21.2 Å². The lowest BCUT2D eigenvalue weighted by Crippen LogP contribution is -2.24. The average molecular weight is 399 g/mol. The monoisotopic (exact) mass is 399 g/mol. The molecule has 0 saturated carbocycles. The van der Waals surface area contributed by atoms with Crippen molar-refractivity contribution in [2.45, 2.75) is 23.3 Å². The SMILES string of the molecule is Cc1ccc(F)c(Cn2ncc3cc(S(=O)(=O)c4cn[nH]c4)ccc3c2=O)n1. The van der Waals surface area contributed by atoms with Gasteiger partial charge in [-0.25, -0.2) is 17.5 Å². The Labute approximate surface area is 158 Å². The van der Waals surface area contributed by atoms with E-state index in [1.54, 1.807) is 6.92 Å². The standard InChI is InChI=1S/C18H14FN5O3S/c1-11-2-5-16(19)17(23-11)10-24-18(25)15-4-3-13(6-12(15)7-22-24)28(26,27)14-8-20-21-9-14/h2-9H,10H2,1H3,(H,20,21). The second kappa shape index (κ2) is 6.64. The smallest absolute Gasteiger partial charge is 0.274 e. The fraction of sp³-hybridized carbons (Fsp3) is 0.111. The van der Waals surface area contributed by atoms with E-state index in [0.29, 0.717) is 11.1 Å². The zero-order chi connectivity index (χ0) is 19.9. The Bertz CT molecular complexity index is 1350. The number of pyridine rings is 1. The van der Waals surface area contributed by atoms with Crippen molar-refractivity contribution >= 4 is 20.6 Å². The van der Waals surface area contributed by atoms with Gasteiger partial charge in [-0.3, -0.25) is 14.9 Å². The molecule has 0 radical (unpaired) electrons. The highest BCUT2D eigenvalue weighted by Crippen LogP contribution is 2.22. The number of benzene rings is 1. The molecule has 0 unspecified atom stereocenters. The van der Waals surface area contributed by atoms with Crippen molar-refractivity contribution in [3.05, 3.63) is 76.5 Å². The first-order valence-corrected chi connectivity index (χ1v) is 9.70. The van der Waals surface area contributed by atoms with Gasteiger partial charge in [-0.05, 0) is 37.3 Å². The summed E-state index contributed by atoms with van der Waals surface area (Å²) in [5.74, 6) is -0.527. The molecular formula is C18H14FN5O3S. The molecule has 3 aromatic heterocycles. The summed E-state index contributed by atoms with van der Waals surface area (Å²) in [4.78, 5) is 16.8. The number of rotatable bonds is 4. The molecule has 4 aromatic rings. The van der Waals surface area contributed by atoms with E-state index >= 15 is 0 Å². The van der Waals surface area contributed by atoms with Crippen molar-refractivity contribution in [3.8, 4) is 0 Å². The normalized spacial score (nSPS) is 11.8. The highest BCUT2D eigenvalue weighted by Gasteiger charge is 2.20. The van der Waals surface area contributed by atoms with Crippen LogP contribution in [0.15, 0.2) is 63.5 Å². The number of nitrogens with zero attached hydrogens (tertiary/aromatic N) is 4. The minimum Gasteiger partial charge on any atom is -0.284 e. The van der Waals surface area contributed by atoms with Gasteiger partial charge in [0.05, 0.1) is 34.9 Å². The van der Waals surface area contributed by atoms with Crippen LogP contribution in [-0.4, -0.2) is 33.4 Å². The number of sulfone groups is 1. The van der Waals surface area contributed by atoms with Crippen LogP contribution in [0.4, 0.5) is 4.39 Å². The largest absolute Gasteiger partial charge is 0.284 e. The first-order chi connectivity index (χ1) is 13.4. The molecule has 28 heavy (non-hydrogen) atoms. The van der Waals surface area contributed by atoms with Crippen molar-refractivity contribution in [2.75, 3.05) is 0 Å². The molecule has 0 aliphatic carbocycles. The second-order valence-corrected chi connectivity index (χ2v) is 8.12. The van der Waals surface area contributed by atoms with Gasteiger partial charge in [-0.2, -0.15) is 10.2 Å². The zero-order valence-electron chi connectivity index (χ0n) is 14.6. The number of nitrogens with one attached hydrogen (secondary N) is 1. The fourth-order valence-electron chi connectivity index (χ4n) is 2.81. The van der Waals surface area contributed by atoms with Crippen molar-refractivity contribution in [2.24, 2.45) is 0 Å². The summed E-state index contributed by atoms with van der Waals surface area (Å²) in [5, 5.41) is 10.8. The van der Waals surface area contributed by atoms with Crippen LogP contribution in [0.25, 0.3) is 10.8 Å². The summed E-state index contributed by atoms with van der Waals surface area (Å²) in [6.07, 6.45) is 3.86. The van der Waals surface area contributed by atoms with Crippen LogP contribution in [0.2, 0.25) is 0 Å². The van der Waals surface area contributed by atoms with E-state index in [0.717, 1.165) is 4.68 Å². The lowest BCUT2D eigenvalue weighted by Gasteiger charge is -2.08. The van der Waals surface area contributed by atoms with Gasteiger partial charge < -0.3 is 0 Å². The van der Waals surface area contributed by atoms with E-state index in [1.807, 2.05) is 0 Å². The van der Waals surface area contributed by atoms with Gasteiger partial charge in [0.15, 0.2) is 0 Å². The molecule has 142 valence electrons. The molecule has 0 saturated heterocycles. The lowest BCUT2D eigenvalue weighted by molar-refractivity contribution is 0.559. The highest BCUT2D eigenvalue weighted by molar-refractivity contribution is 7.91. The number of fused-ring (bicyclic) bond motifs is 1. The summed E-state index contributed by atoms with van der Waals surface area (Å²) in [5.41, 5.74) is 0.264. The number of aromatic amines is 1. The Kier molecular flexibility index (Phi) is 4.27. The van der Waals surface area contributed by atoms with E-state index in [2.05, 4.69) is 20.3 Å². The van der Waals surface area contributed by atoms with Crippen molar-refractivity contribution < 1.29 is 12.8 Å². The van der Waals surface area contributed by atoms with Gasteiger partial charge in [-0.15, -0.1) is 0 Å². The maximum absolute atomic E-state index is 13.9. The van der Waals surface area contributed by atoms with Crippen molar-refractivity contribution in [1.29, 1.82) is 0 Å². The molecule has 10 heteroatoms. The summed E-state index contributed by atoms with van der Waals surface area (Å²) < 4.78 is 40.2. The van der Waals surface area contributed by atoms with Crippen LogP contribution in [0.3, 0.4) is 0 Å². The number of halogens is 1. The summed E-state index contributed by atoms with van der Waals surface area (Å²) in [6, 6.07) is 6.97. The molecule has 8 nitrogen and oxygen atoms in total. The Morgan fingerprint density at radius 3 is 2.71 bits per heavy atom. The van der Waals surface area contributed by atoms with Gasteiger partial charge in [0, 0.05) is 17.3 Å². The number of hydrogen-bond donors (Lipinski definition) is 1. The first-order valence-electron chi connectivity index (χ1n) is 8.22. The van der Waals surface area contributed by atoms with Crippen LogP contribution in [0.5, 0.6) is 0 Å². The quantitative estimate of drug-likeness (QED) is 0.561. The van der Waals surface area contributed by atoms with Crippen LogP contribution >= 0.6 is 0 Å². The Morgan fingerprint density at radius 2 is 1.96 bits per heavy atom. The maximum Gasteiger partial charge on any atom is 0.274 e. The van der Waals surface area contributed by atoms with Gasteiger partial charge in [0.25, 0.3) is 5.56 Å². The molecule has 0 aliphatic heterocycles. The Balaban J connectivity index is 1.77. The molecule has 1 aromatic carbocycles. The summed E-state index contributed by atoms with van der Waals surface area (Å²) >= 11 is 0. The van der Waals surface area contributed by atoms with Crippen LogP contribution in [0, 0.1) is 12.7 Å². The first kappa shape index (κ1) is 18.0. The zero-order valence-corrected chi connectivity index (χ0v) is 15.4. The van der Waals surface area contributed by atoms with E-state index in [-0.39, 0.29) is 27.4 Å². The molecule has 0 bridgehead atoms. The van der Waals surface area contributed by atoms with E-state index in [9.17, 15) is 17.6 Å². The molecule has 4 rings (SSSR count).